The number of pyridine rings is 1. The number of piperazine rings is 1. The number of rotatable bonds is 7. The Kier molecular flexibility index (Phi) is 6.82. The summed E-state index contributed by atoms with van der Waals surface area (Å²) in [6.45, 7) is 8.40. The minimum absolute atomic E-state index is 0.0571. The molecule has 5 nitrogen and oxygen atoms in total. The summed E-state index contributed by atoms with van der Waals surface area (Å²) in [4.78, 5) is 22.5. The molecule has 1 N–H and O–H groups in total. The van der Waals surface area contributed by atoms with Crippen molar-refractivity contribution in [1.82, 2.24) is 9.88 Å². The van der Waals surface area contributed by atoms with E-state index in [-0.39, 0.29) is 5.91 Å². The van der Waals surface area contributed by atoms with Gasteiger partial charge < -0.3 is 10.2 Å². The average Bonchev–Trinajstić information content (AvgIpc) is 2.80. The molecule has 2 heterocycles. The first kappa shape index (κ1) is 21.3. The number of carbonyl (C=O) groups excluding carboxylic acids is 1. The number of anilines is 2. The van der Waals surface area contributed by atoms with Crippen molar-refractivity contribution in [2.24, 2.45) is 0 Å². The number of nitrogens with zero attached hydrogens (tertiary/aromatic N) is 3. The number of aryl methyl sites for hydroxylation is 1. The first-order chi connectivity index (χ1) is 15.2. The van der Waals surface area contributed by atoms with Gasteiger partial charge in [-0.15, -0.1) is 0 Å². The van der Waals surface area contributed by atoms with Gasteiger partial charge in [-0.05, 0) is 36.6 Å². The zero-order valence-corrected chi connectivity index (χ0v) is 18.6. The minimum atomic E-state index is 0.0571. The van der Waals surface area contributed by atoms with Crippen molar-refractivity contribution in [2.45, 2.75) is 33.1 Å². The van der Waals surface area contributed by atoms with Gasteiger partial charge in [-0.1, -0.05) is 56.7 Å². The largest absolute Gasteiger partial charge is 0.369 e. The standard InChI is InChI=1S/C26H32N4O/c1-3-10-23-21(4-2)26(22-13-8-9-14-24(22)27-23)28-25(31)19-29-15-17-30(18-16-29)20-11-6-5-7-12-20/h5-9,11-14H,3-4,10,15-19H2,1-2H3,(H,27,28,31). The molecule has 1 fully saturated rings. The Bertz CT molecular complexity index is 1030. The van der Waals surface area contributed by atoms with E-state index in [9.17, 15) is 4.79 Å². The Balaban J connectivity index is 1.46. The molecule has 2 aromatic carbocycles. The van der Waals surface area contributed by atoms with Crippen LogP contribution < -0.4 is 10.2 Å². The number of para-hydroxylation sites is 2. The third kappa shape index (κ3) is 4.88. The van der Waals surface area contributed by atoms with Gasteiger partial charge in [0.25, 0.3) is 0 Å². The van der Waals surface area contributed by atoms with E-state index in [1.807, 2.05) is 24.3 Å². The molecule has 5 heteroatoms. The highest BCUT2D eigenvalue weighted by atomic mass is 16.2. The Hall–Kier alpha value is -2.92. The zero-order valence-electron chi connectivity index (χ0n) is 18.6. The predicted octanol–water partition coefficient (Wildman–Crippen LogP) is 4.51. The van der Waals surface area contributed by atoms with Gasteiger partial charge in [0.05, 0.1) is 17.7 Å². The summed E-state index contributed by atoms with van der Waals surface area (Å²) in [5, 5.41) is 4.29. The minimum Gasteiger partial charge on any atom is -0.369 e. The van der Waals surface area contributed by atoms with Crippen LogP contribution in [0.25, 0.3) is 10.9 Å². The van der Waals surface area contributed by atoms with Crippen LogP contribution in [0.3, 0.4) is 0 Å². The number of hydrogen-bond acceptors (Lipinski definition) is 4. The van der Waals surface area contributed by atoms with Gasteiger partial charge in [-0.25, -0.2) is 0 Å². The fourth-order valence-corrected chi connectivity index (χ4v) is 4.45. The lowest BCUT2D eigenvalue weighted by atomic mass is 10.0. The van der Waals surface area contributed by atoms with Crippen LogP contribution in [0.15, 0.2) is 54.6 Å². The van der Waals surface area contributed by atoms with Crippen molar-refractivity contribution in [1.29, 1.82) is 0 Å². The van der Waals surface area contributed by atoms with Crippen LogP contribution in [0.2, 0.25) is 0 Å². The molecule has 4 rings (SSSR count). The van der Waals surface area contributed by atoms with Gasteiger partial charge in [0, 0.05) is 42.9 Å². The third-order valence-electron chi connectivity index (χ3n) is 6.04. The Morgan fingerprint density at radius 3 is 2.39 bits per heavy atom. The maximum absolute atomic E-state index is 13.0. The van der Waals surface area contributed by atoms with E-state index in [1.54, 1.807) is 0 Å². The number of nitrogens with one attached hydrogen (secondary N) is 1. The van der Waals surface area contributed by atoms with E-state index in [4.69, 9.17) is 4.98 Å². The fraction of sp³-hybridized carbons (Fsp3) is 0.385. The molecule has 1 aliphatic rings. The molecule has 0 aliphatic carbocycles. The number of benzene rings is 2. The van der Waals surface area contributed by atoms with E-state index < -0.39 is 0 Å². The summed E-state index contributed by atoms with van der Waals surface area (Å²) < 4.78 is 0. The highest BCUT2D eigenvalue weighted by Crippen LogP contribution is 2.30. The molecule has 1 saturated heterocycles. The van der Waals surface area contributed by atoms with Crippen LogP contribution in [0.1, 0.15) is 31.5 Å². The van der Waals surface area contributed by atoms with Crippen molar-refractivity contribution in [3.8, 4) is 0 Å². The van der Waals surface area contributed by atoms with Crippen molar-refractivity contribution in [2.75, 3.05) is 42.9 Å². The average molecular weight is 417 g/mol. The zero-order chi connectivity index (χ0) is 21.6. The van der Waals surface area contributed by atoms with E-state index in [1.165, 1.54) is 11.3 Å². The van der Waals surface area contributed by atoms with E-state index in [0.29, 0.717) is 6.54 Å². The van der Waals surface area contributed by atoms with Gasteiger partial charge in [0.1, 0.15) is 0 Å². The Morgan fingerprint density at radius 2 is 1.68 bits per heavy atom. The van der Waals surface area contributed by atoms with Gasteiger partial charge in [-0.3, -0.25) is 14.7 Å². The molecule has 0 spiro atoms. The van der Waals surface area contributed by atoms with Crippen molar-refractivity contribution in [3.63, 3.8) is 0 Å². The highest BCUT2D eigenvalue weighted by molar-refractivity contribution is 6.03. The SMILES string of the molecule is CCCc1nc2ccccc2c(NC(=O)CN2CCN(c3ccccc3)CC2)c1CC. The topological polar surface area (TPSA) is 48.5 Å². The van der Waals surface area contributed by atoms with Crippen LogP contribution in [0.4, 0.5) is 11.4 Å². The molecule has 1 aromatic heterocycles. The first-order valence-electron chi connectivity index (χ1n) is 11.4. The van der Waals surface area contributed by atoms with Crippen LogP contribution in [0, 0.1) is 0 Å². The van der Waals surface area contributed by atoms with E-state index in [0.717, 1.165) is 67.7 Å². The molecule has 0 saturated carbocycles. The number of hydrogen-bond donors (Lipinski definition) is 1. The summed E-state index contributed by atoms with van der Waals surface area (Å²) in [6, 6.07) is 18.6. The second-order valence-electron chi connectivity index (χ2n) is 8.18. The lowest BCUT2D eigenvalue weighted by Gasteiger charge is -2.35. The molecule has 0 radical (unpaired) electrons. The first-order valence-corrected chi connectivity index (χ1v) is 11.4. The molecular weight excluding hydrogens is 384 g/mol. The molecule has 31 heavy (non-hydrogen) atoms. The maximum atomic E-state index is 13.0. The second kappa shape index (κ2) is 9.92. The monoisotopic (exact) mass is 416 g/mol. The lowest BCUT2D eigenvalue weighted by molar-refractivity contribution is -0.117. The molecular formula is C26H32N4O. The smallest absolute Gasteiger partial charge is 0.238 e. The predicted molar refractivity (Wildman–Crippen MR) is 129 cm³/mol. The lowest BCUT2D eigenvalue weighted by Crippen LogP contribution is -2.48. The van der Waals surface area contributed by atoms with Crippen LogP contribution in [-0.4, -0.2) is 48.5 Å². The van der Waals surface area contributed by atoms with Gasteiger partial charge in [0.15, 0.2) is 0 Å². The molecule has 1 aliphatic heterocycles. The fourth-order valence-electron chi connectivity index (χ4n) is 4.45. The van der Waals surface area contributed by atoms with Crippen molar-refractivity contribution < 1.29 is 4.79 Å². The molecule has 162 valence electrons. The van der Waals surface area contributed by atoms with Gasteiger partial charge in [0.2, 0.25) is 5.91 Å². The summed E-state index contributed by atoms with van der Waals surface area (Å²) in [7, 11) is 0. The molecule has 0 atom stereocenters. The Labute approximate surface area is 185 Å². The number of amides is 1. The molecule has 1 amide bonds. The molecule has 0 unspecified atom stereocenters. The van der Waals surface area contributed by atoms with Crippen molar-refractivity contribution in [3.05, 3.63) is 65.9 Å². The highest BCUT2D eigenvalue weighted by Gasteiger charge is 2.21. The van der Waals surface area contributed by atoms with E-state index in [2.05, 4.69) is 59.3 Å². The summed E-state index contributed by atoms with van der Waals surface area (Å²) in [5.41, 5.74) is 5.43. The van der Waals surface area contributed by atoms with Crippen LogP contribution >= 0.6 is 0 Å². The number of carbonyl (C=O) groups is 1. The van der Waals surface area contributed by atoms with Crippen LogP contribution in [-0.2, 0) is 17.6 Å². The van der Waals surface area contributed by atoms with Crippen molar-refractivity contribution >= 4 is 28.2 Å². The third-order valence-corrected chi connectivity index (χ3v) is 6.04. The van der Waals surface area contributed by atoms with Gasteiger partial charge >= 0.3 is 0 Å². The van der Waals surface area contributed by atoms with E-state index >= 15 is 0 Å². The Morgan fingerprint density at radius 1 is 0.968 bits per heavy atom. The summed E-state index contributed by atoms with van der Waals surface area (Å²) >= 11 is 0. The summed E-state index contributed by atoms with van der Waals surface area (Å²) in [5.74, 6) is 0.0571. The number of aromatic nitrogens is 1. The second-order valence-corrected chi connectivity index (χ2v) is 8.18. The molecule has 0 bridgehead atoms. The maximum Gasteiger partial charge on any atom is 0.238 e. The molecule has 3 aromatic rings. The summed E-state index contributed by atoms with van der Waals surface area (Å²) in [6.07, 6.45) is 2.83. The number of fused-ring (bicyclic) bond motifs is 1. The van der Waals surface area contributed by atoms with Gasteiger partial charge in [-0.2, -0.15) is 0 Å². The quantitative estimate of drug-likeness (QED) is 0.616. The normalized spacial score (nSPS) is 14.7. The van der Waals surface area contributed by atoms with Crippen LogP contribution in [0.5, 0.6) is 0 Å².